The highest BCUT2D eigenvalue weighted by Crippen LogP contribution is 2.26. The Kier molecular flexibility index (Phi) is 5.07. The first kappa shape index (κ1) is 13.7. The van der Waals surface area contributed by atoms with E-state index in [0.717, 1.165) is 11.3 Å². The molecule has 2 aromatic carbocycles. The van der Waals surface area contributed by atoms with Crippen molar-refractivity contribution in [3.05, 3.63) is 59.1 Å². The summed E-state index contributed by atoms with van der Waals surface area (Å²) >= 11 is 5.83. The SMILES string of the molecule is Oc1c(Cl)cccc1CNCCOc1ccccc1. The van der Waals surface area contributed by atoms with Crippen LogP contribution in [-0.4, -0.2) is 18.3 Å². The maximum absolute atomic E-state index is 9.73. The van der Waals surface area contributed by atoms with E-state index in [1.807, 2.05) is 42.5 Å². The molecule has 100 valence electrons. The van der Waals surface area contributed by atoms with Crippen LogP contribution in [0, 0.1) is 0 Å². The largest absolute Gasteiger partial charge is 0.506 e. The van der Waals surface area contributed by atoms with Crippen LogP contribution < -0.4 is 10.1 Å². The van der Waals surface area contributed by atoms with Crippen LogP contribution in [0.1, 0.15) is 5.56 Å². The van der Waals surface area contributed by atoms with Crippen LogP contribution in [0.15, 0.2) is 48.5 Å². The minimum atomic E-state index is 0.139. The van der Waals surface area contributed by atoms with Gasteiger partial charge in [-0.1, -0.05) is 41.9 Å². The van der Waals surface area contributed by atoms with Gasteiger partial charge in [0.05, 0.1) is 5.02 Å². The van der Waals surface area contributed by atoms with Crippen molar-refractivity contribution in [1.29, 1.82) is 0 Å². The van der Waals surface area contributed by atoms with Crippen LogP contribution in [0.3, 0.4) is 0 Å². The van der Waals surface area contributed by atoms with Crippen LogP contribution >= 0.6 is 11.6 Å². The molecular formula is C15H16ClNO2. The van der Waals surface area contributed by atoms with Gasteiger partial charge in [0, 0.05) is 18.7 Å². The van der Waals surface area contributed by atoms with Gasteiger partial charge in [-0.2, -0.15) is 0 Å². The molecule has 2 rings (SSSR count). The van der Waals surface area contributed by atoms with Crippen LogP contribution in [0.5, 0.6) is 11.5 Å². The second-order valence-electron chi connectivity index (χ2n) is 4.09. The second-order valence-corrected chi connectivity index (χ2v) is 4.49. The van der Waals surface area contributed by atoms with E-state index in [2.05, 4.69) is 5.32 Å². The quantitative estimate of drug-likeness (QED) is 0.797. The van der Waals surface area contributed by atoms with Gasteiger partial charge in [-0.3, -0.25) is 0 Å². The zero-order chi connectivity index (χ0) is 13.5. The van der Waals surface area contributed by atoms with Crippen LogP contribution in [-0.2, 0) is 6.54 Å². The third-order valence-electron chi connectivity index (χ3n) is 2.68. The predicted molar refractivity (Wildman–Crippen MR) is 76.8 cm³/mol. The fourth-order valence-corrected chi connectivity index (χ4v) is 1.88. The lowest BCUT2D eigenvalue weighted by atomic mass is 10.2. The summed E-state index contributed by atoms with van der Waals surface area (Å²) in [4.78, 5) is 0. The molecule has 19 heavy (non-hydrogen) atoms. The summed E-state index contributed by atoms with van der Waals surface area (Å²) in [7, 11) is 0. The minimum absolute atomic E-state index is 0.139. The van der Waals surface area contributed by atoms with Crippen molar-refractivity contribution in [3.63, 3.8) is 0 Å². The maximum Gasteiger partial charge on any atom is 0.138 e. The Hall–Kier alpha value is -1.71. The van der Waals surface area contributed by atoms with E-state index in [4.69, 9.17) is 16.3 Å². The highest BCUT2D eigenvalue weighted by Gasteiger charge is 2.03. The number of phenolic OH excluding ortho intramolecular Hbond substituents is 1. The average Bonchev–Trinajstić information content (AvgIpc) is 2.44. The highest BCUT2D eigenvalue weighted by molar-refractivity contribution is 6.32. The zero-order valence-corrected chi connectivity index (χ0v) is 11.2. The molecule has 2 aromatic rings. The molecule has 0 aliphatic rings. The van der Waals surface area contributed by atoms with Crippen LogP contribution in [0.25, 0.3) is 0 Å². The van der Waals surface area contributed by atoms with Gasteiger partial charge in [0.25, 0.3) is 0 Å². The molecule has 0 saturated heterocycles. The molecule has 0 amide bonds. The number of para-hydroxylation sites is 2. The molecule has 0 radical (unpaired) electrons. The Morgan fingerprint density at radius 2 is 1.84 bits per heavy atom. The smallest absolute Gasteiger partial charge is 0.138 e. The van der Waals surface area contributed by atoms with E-state index in [9.17, 15) is 5.11 Å². The van der Waals surface area contributed by atoms with Gasteiger partial charge in [-0.15, -0.1) is 0 Å². The molecular weight excluding hydrogens is 262 g/mol. The Morgan fingerprint density at radius 3 is 2.63 bits per heavy atom. The van der Waals surface area contributed by atoms with Gasteiger partial charge in [-0.25, -0.2) is 0 Å². The van der Waals surface area contributed by atoms with Gasteiger partial charge in [0.2, 0.25) is 0 Å². The number of benzene rings is 2. The van der Waals surface area contributed by atoms with E-state index in [0.29, 0.717) is 24.7 Å². The number of aromatic hydroxyl groups is 1. The number of hydrogen-bond donors (Lipinski definition) is 2. The van der Waals surface area contributed by atoms with E-state index in [-0.39, 0.29) is 5.75 Å². The lowest BCUT2D eigenvalue weighted by Gasteiger charge is -2.09. The first-order valence-electron chi connectivity index (χ1n) is 6.12. The molecule has 4 heteroatoms. The molecule has 0 saturated carbocycles. The normalized spacial score (nSPS) is 10.4. The summed E-state index contributed by atoms with van der Waals surface area (Å²) in [5.74, 6) is 0.996. The Balaban J connectivity index is 1.71. The van der Waals surface area contributed by atoms with Crippen LogP contribution in [0.4, 0.5) is 0 Å². The third-order valence-corrected chi connectivity index (χ3v) is 2.98. The Labute approximate surface area is 117 Å². The van der Waals surface area contributed by atoms with E-state index in [1.165, 1.54) is 0 Å². The van der Waals surface area contributed by atoms with Gasteiger partial charge < -0.3 is 15.2 Å². The molecule has 2 N–H and O–H groups in total. The molecule has 0 bridgehead atoms. The summed E-state index contributed by atoms with van der Waals surface area (Å²) in [5, 5.41) is 13.3. The van der Waals surface area contributed by atoms with Crippen molar-refractivity contribution in [2.75, 3.05) is 13.2 Å². The fourth-order valence-electron chi connectivity index (χ4n) is 1.68. The van der Waals surface area contributed by atoms with Crippen molar-refractivity contribution in [2.24, 2.45) is 0 Å². The predicted octanol–water partition coefficient (Wildman–Crippen LogP) is 3.21. The topological polar surface area (TPSA) is 41.5 Å². The molecule has 0 atom stereocenters. The zero-order valence-electron chi connectivity index (χ0n) is 10.5. The number of hydrogen-bond acceptors (Lipinski definition) is 3. The van der Waals surface area contributed by atoms with Crippen molar-refractivity contribution >= 4 is 11.6 Å². The first-order valence-corrected chi connectivity index (χ1v) is 6.50. The molecule has 0 fully saturated rings. The monoisotopic (exact) mass is 277 g/mol. The molecule has 0 aromatic heterocycles. The second kappa shape index (κ2) is 7.02. The van der Waals surface area contributed by atoms with Crippen molar-refractivity contribution in [1.82, 2.24) is 5.32 Å². The molecule has 3 nitrogen and oxygen atoms in total. The maximum atomic E-state index is 9.73. The molecule has 0 aliphatic carbocycles. The van der Waals surface area contributed by atoms with Gasteiger partial charge in [0.15, 0.2) is 0 Å². The van der Waals surface area contributed by atoms with E-state index in [1.54, 1.807) is 6.07 Å². The first-order chi connectivity index (χ1) is 9.27. The number of halogens is 1. The summed E-state index contributed by atoms with van der Waals surface area (Å²) in [6, 6.07) is 15.0. The highest BCUT2D eigenvalue weighted by atomic mass is 35.5. The lowest BCUT2D eigenvalue weighted by molar-refractivity contribution is 0.313. The Bertz CT molecular complexity index is 517. The van der Waals surface area contributed by atoms with Crippen molar-refractivity contribution in [3.8, 4) is 11.5 Å². The molecule has 0 spiro atoms. The minimum Gasteiger partial charge on any atom is -0.506 e. The molecule has 0 aliphatic heterocycles. The standard InChI is InChI=1S/C15H16ClNO2/c16-14-8-4-5-12(15(14)18)11-17-9-10-19-13-6-2-1-3-7-13/h1-8,17-18H,9-11H2. The Morgan fingerprint density at radius 1 is 1.05 bits per heavy atom. The molecule has 0 heterocycles. The molecule has 0 unspecified atom stereocenters. The number of ether oxygens (including phenoxy) is 1. The fraction of sp³-hybridized carbons (Fsp3) is 0.200. The van der Waals surface area contributed by atoms with Gasteiger partial charge in [-0.05, 0) is 18.2 Å². The third kappa shape index (κ3) is 4.16. The summed E-state index contributed by atoms with van der Waals surface area (Å²) in [6.07, 6.45) is 0. The van der Waals surface area contributed by atoms with Crippen LogP contribution in [0.2, 0.25) is 5.02 Å². The van der Waals surface area contributed by atoms with Gasteiger partial charge >= 0.3 is 0 Å². The van der Waals surface area contributed by atoms with E-state index < -0.39 is 0 Å². The lowest BCUT2D eigenvalue weighted by Crippen LogP contribution is -2.20. The van der Waals surface area contributed by atoms with Crippen molar-refractivity contribution < 1.29 is 9.84 Å². The summed E-state index contributed by atoms with van der Waals surface area (Å²) in [6.45, 7) is 1.83. The number of phenols is 1. The summed E-state index contributed by atoms with van der Waals surface area (Å²) < 4.78 is 5.55. The van der Waals surface area contributed by atoms with E-state index >= 15 is 0 Å². The van der Waals surface area contributed by atoms with Crippen molar-refractivity contribution in [2.45, 2.75) is 6.54 Å². The van der Waals surface area contributed by atoms with Gasteiger partial charge in [0.1, 0.15) is 18.1 Å². The number of rotatable bonds is 6. The average molecular weight is 278 g/mol. The number of nitrogens with one attached hydrogen (secondary N) is 1. The summed E-state index contributed by atoms with van der Waals surface area (Å²) in [5.41, 5.74) is 0.784.